The van der Waals surface area contributed by atoms with Gasteiger partial charge in [-0.15, -0.1) is 11.3 Å². The van der Waals surface area contributed by atoms with Crippen molar-refractivity contribution in [2.45, 2.75) is 18.2 Å². The summed E-state index contributed by atoms with van der Waals surface area (Å²) in [5.41, 5.74) is 1.27. The largest absolute Gasteiger partial charge is 0.467 e. The van der Waals surface area contributed by atoms with Crippen LogP contribution in [-0.4, -0.2) is 55.4 Å². The number of morpholine rings is 1. The molecule has 0 N–H and O–H groups in total. The number of amides is 1. The second kappa shape index (κ2) is 6.37. The molecule has 2 aliphatic heterocycles. The first-order valence-electron chi connectivity index (χ1n) is 6.86. The van der Waals surface area contributed by atoms with Crippen molar-refractivity contribution >= 4 is 35.0 Å². The predicted molar refractivity (Wildman–Crippen MR) is 81.8 cm³/mol. The van der Waals surface area contributed by atoms with Crippen molar-refractivity contribution in [1.29, 1.82) is 0 Å². The van der Waals surface area contributed by atoms with Crippen LogP contribution in [0.1, 0.15) is 20.1 Å². The second-order valence-corrected chi connectivity index (χ2v) is 7.22. The Morgan fingerprint density at radius 3 is 3.10 bits per heavy atom. The highest BCUT2D eigenvalue weighted by molar-refractivity contribution is 7.98. The average molecular weight is 327 g/mol. The number of hydrogen-bond donors (Lipinski definition) is 0. The Bertz CT molecular complexity index is 534. The number of carbonyl (C=O) groups is 2. The number of ether oxygens (including phenoxy) is 2. The third-order valence-electron chi connectivity index (χ3n) is 3.70. The molecule has 21 heavy (non-hydrogen) atoms. The van der Waals surface area contributed by atoms with E-state index in [1.807, 2.05) is 17.8 Å². The topological polar surface area (TPSA) is 55.8 Å². The summed E-state index contributed by atoms with van der Waals surface area (Å²) in [7, 11) is 1.33. The van der Waals surface area contributed by atoms with Gasteiger partial charge in [-0.25, -0.2) is 4.79 Å². The Kier molecular flexibility index (Phi) is 4.51. The van der Waals surface area contributed by atoms with Crippen LogP contribution in [0.5, 0.6) is 0 Å². The molecule has 7 heteroatoms. The summed E-state index contributed by atoms with van der Waals surface area (Å²) in [4.78, 5) is 28.1. The van der Waals surface area contributed by atoms with Crippen molar-refractivity contribution < 1.29 is 19.1 Å². The summed E-state index contributed by atoms with van der Waals surface area (Å²) in [5, 5.41) is 0. The predicted octanol–water partition coefficient (Wildman–Crippen LogP) is 1.55. The fraction of sp³-hybridized carbons (Fsp3) is 0.571. The summed E-state index contributed by atoms with van der Waals surface area (Å²) in [6, 6.07) is 1.35. The quantitative estimate of drug-likeness (QED) is 0.772. The van der Waals surface area contributed by atoms with E-state index in [1.54, 1.807) is 16.2 Å². The standard InChI is InChI=1S/C14H17NO4S2/c1-18-14(17)10-7-19-4-3-15(10)13(16)12-6-9-8-20-5-2-11(9)21-12/h6,10H,2-5,7-8H2,1H3. The molecule has 0 spiro atoms. The van der Waals surface area contributed by atoms with Crippen LogP contribution in [0.25, 0.3) is 0 Å². The first-order valence-corrected chi connectivity index (χ1v) is 8.83. The van der Waals surface area contributed by atoms with Crippen LogP contribution in [0.3, 0.4) is 0 Å². The van der Waals surface area contributed by atoms with Gasteiger partial charge in [-0.3, -0.25) is 4.79 Å². The molecule has 1 aromatic heterocycles. The Morgan fingerprint density at radius 1 is 1.48 bits per heavy atom. The first kappa shape index (κ1) is 14.9. The highest BCUT2D eigenvalue weighted by Gasteiger charge is 2.35. The van der Waals surface area contributed by atoms with Gasteiger partial charge in [0.1, 0.15) is 0 Å². The normalized spacial score (nSPS) is 21.8. The highest BCUT2D eigenvalue weighted by Crippen LogP contribution is 2.32. The van der Waals surface area contributed by atoms with Crippen LogP contribution in [0.2, 0.25) is 0 Å². The lowest BCUT2D eigenvalue weighted by atomic mass is 10.2. The zero-order valence-corrected chi connectivity index (χ0v) is 13.4. The fourth-order valence-corrected chi connectivity index (χ4v) is 4.90. The molecule has 1 fully saturated rings. The Balaban J connectivity index is 1.82. The zero-order valence-electron chi connectivity index (χ0n) is 11.8. The van der Waals surface area contributed by atoms with Gasteiger partial charge >= 0.3 is 5.97 Å². The second-order valence-electron chi connectivity index (χ2n) is 4.97. The van der Waals surface area contributed by atoms with Crippen molar-refractivity contribution in [3.8, 4) is 0 Å². The fourth-order valence-electron chi connectivity index (χ4n) is 2.57. The van der Waals surface area contributed by atoms with Gasteiger partial charge in [0, 0.05) is 17.2 Å². The van der Waals surface area contributed by atoms with Gasteiger partial charge in [0.2, 0.25) is 0 Å². The molecule has 1 atom stereocenters. The third kappa shape index (κ3) is 2.95. The number of carbonyl (C=O) groups excluding carboxylic acids is 2. The van der Waals surface area contributed by atoms with E-state index in [2.05, 4.69) is 0 Å². The molecule has 3 rings (SSSR count). The lowest BCUT2D eigenvalue weighted by molar-refractivity contribution is -0.151. The van der Waals surface area contributed by atoms with Crippen molar-refractivity contribution in [3.63, 3.8) is 0 Å². The minimum Gasteiger partial charge on any atom is -0.467 e. The summed E-state index contributed by atoms with van der Waals surface area (Å²) in [6.07, 6.45) is 1.03. The lowest BCUT2D eigenvalue weighted by Gasteiger charge is -2.33. The zero-order chi connectivity index (χ0) is 14.8. The maximum atomic E-state index is 12.7. The summed E-state index contributed by atoms with van der Waals surface area (Å²) in [5.74, 6) is 1.59. The first-order chi connectivity index (χ1) is 10.2. The van der Waals surface area contributed by atoms with E-state index in [9.17, 15) is 9.59 Å². The Labute approximate surface area is 131 Å². The van der Waals surface area contributed by atoms with Crippen molar-refractivity contribution in [1.82, 2.24) is 4.90 Å². The summed E-state index contributed by atoms with van der Waals surface area (Å²) >= 11 is 3.46. The van der Waals surface area contributed by atoms with Gasteiger partial charge in [-0.1, -0.05) is 0 Å². The molecule has 1 aromatic rings. The molecule has 114 valence electrons. The molecule has 1 unspecified atom stereocenters. The number of thioether (sulfide) groups is 1. The van der Waals surface area contributed by atoms with Gasteiger partial charge in [0.15, 0.2) is 6.04 Å². The number of nitrogens with zero attached hydrogens (tertiary/aromatic N) is 1. The van der Waals surface area contributed by atoms with Crippen LogP contribution in [0.15, 0.2) is 6.07 Å². The molecule has 0 bridgehead atoms. The molecular formula is C14H17NO4S2. The lowest BCUT2D eigenvalue weighted by Crippen LogP contribution is -2.52. The van der Waals surface area contributed by atoms with E-state index in [0.717, 1.165) is 22.8 Å². The monoisotopic (exact) mass is 327 g/mol. The van der Waals surface area contributed by atoms with E-state index in [0.29, 0.717) is 13.2 Å². The summed E-state index contributed by atoms with van der Waals surface area (Å²) < 4.78 is 10.1. The van der Waals surface area contributed by atoms with Gasteiger partial charge in [0.05, 0.1) is 25.2 Å². The van der Waals surface area contributed by atoms with Crippen LogP contribution >= 0.6 is 23.1 Å². The molecule has 1 saturated heterocycles. The van der Waals surface area contributed by atoms with Crippen LogP contribution < -0.4 is 0 Å². The van der Waals surface area contributed by atoms with Crippen molar-refractivity contribution in [2.24, 2.45) is 0 Å². The molecule has 0 saturated carbocycles. The molecule has 3 heterocycles. The van der Waals surface area contributed by atoms with E-state index in [4.69, 9.17) is 9.47 Å². The number of hydrogen-bond acceptors (Lipinski definition) is 6. The number of aryl methyl sites for hydroxylation is 1. The number of rotatable bonds is 2. The molecular weight excluding hydrogens is 310 g/mol. The van der Waals surface area contributed by atoms with Gasteiger partial charge < -0.3 is 14.4 Å². The maximum absolute atomic E-state index is 12.7. The molecule has 0 aromatic carbocycles. The molecule has 0 aliphatic carbocycles. The van der Waals surface area contributed by atoms with E-state index >= 15 is 0 Å². The smallest absolute Gasteiger partial charge is 0.331 e. The average Bonchev–Trinajstić information content (AvgIpc) is 2.97. The molecule has 5 nitrogen and oxygen atoms in total. The van der Waals surface area contributed by atoms with Gasteiger partial charge in [-0.2, -0.15) is 11.8 Å². The van der Waals surface area contributed by atoms with Crippen LogP contribution in [-0.2, 0) is 26.4 Å². The van der Waals surface area contributed by atoms with E-state index in [-0.39, 0.29) is 12.5 Å². The number of fused-ring (bicyclic) bond motifs is 1. The Hall–Kier alpha value is -1.05. The number of thiophene rings is 1. The third-order valence-corrected chi connectivity index (χ3v) is 5.93. The van der Waals surface area contributed by atoms with Gasteiger partial charge in [-0.05, 0) is 23.8 Å². The van der Waals surface area contributed by atoms with Gasteiger partial charge in [0.25, 0.3) is 5.91 Å². The summed E-state index contributed by atoms with van der Waals surface area (Å²) in [6.45, 7) is 1.09. The highest BCUT2D eigenvalue weighted by atomic mass is 32.2. The minimum absolute atomic E-state index is 0.0851. The molecule has 0 radical (unpaired) electrons. The van der Waals surface area contributed by atoms with Crippen molar-refractivity contribution in [3.05, 3.63) is 21.4 Å². The molecule has 2 aliphatic rings. The van der Waals surface area contributed by atoms with E-state index in [1.165, 1.54) is 17.6 Å². The minimum atomic E-state index is -0.634. The van der Waals surface area contributed by atoms with Crippen LogP contribution in [0, 0.1) is 0 Å². The number of esters is 1. The number of methoxy groups -OCH3 is 1. The van der Waals surface area contributed by atoms with Crippen LogP contribution in [0.4, 0.5) is 0 Å². The van der Waals surface area contributed by atoms with Crippen molar-refractivity contribution in [2.75, 3.05) is 32.6 Å². The maximum Gasteiger partial charge on any atom is 0.331 e. The molecule has 1 amide bonds. The Morgan fingerprint density at radius 2 is 2.33 bits per heavy atom. The SMILES string of the molecule is COC(=O)C1COCCN1C(=O)c1cc2c(s1)CCSC2. The van der Waals surface area contributed by atoms with E-state index < -0.39 is 12.0 Å².